The zero-order valence-electron chi connectivity index (χ0n) is 23.1. The number of hydrogen-bond donors (Lipinski definition) is 2. The number of fused-ring (bicyclic) bond motifs is 2. The van der Waals surface area contributed by atoms with Crippen LogP contribution in [0.1, 0.15) is 51.7 Å². The lowest BCUT2D eigenvalue weighted by Crippen LogP contribution is -2.28. The average Bonchev–Trinajstić information content (AvgIpc) is 3.24. The van der Waals surface area contributed by atoms with Gasteiger partial charge in [0.2, 0.25) is 5.69 Å². The molecule has 0 fully saturated rings. The molecule has 0 bridgehead atoms. The largest absolute Gasteiger partial charge is 0.396 e. The molecule has 4 rings (SSSR count). The van der Waals surface area contributed by atoms with Crippen LogP contribution in [0.2, 0.25) is 0 Å². The van der Waals surface area contributed by atoms with E-state index >= 15 is 0 Å². The van der Waals surface area contributed by atoms with Crippen molar-refractivity contribution in [2.24, 2.45) is 0 Å². The minimum Gasteiger partial charge on any atom is -0.396 e. The monoisotopic (exact) mass is 555 g/mol. The van der Waals surface area contributed by atoms with Gasteiger partial charge in [-0.05, 0) is 49.8 Å². The van der Waals surface area contributed by atoms with Crippen molar-refractivity contribution in [3.05, 3.63) is 83.6 Å². The maximum absolute atomic E-state index is 9.94. The molecule has 2 aromatic rings. The molecular weight excluding hydrogens is 515 g/mol. The maximum atomic E-state index is 9.94. The first-order chi connectivity index (χ1) is 18.0. The summed E-state index contributed by atoms with van der Waals surface area (Å²) in [5, 5.41) is 9.53. The molecule has 0 aliphatic carbocycles. The normalized spacial score (nSPS) is 20.3. The van der Waals surface area contributed by atoms with Gasteiger partial charge in [-0.2, -0.15) is 4.58 Å². The Kier molecular flexibility index (Phi) is 8.78. The third-order valence-corrected chi connectivity index (χ3v) is 9.39. The molecule has 1 atom stereocenters. The Bertz CT molecular complexity index is 1310. The lowest BCUT2D eigenvalue weighted by molar-refractivity contribution is -0.438. The first-order valence-corrected chi connectivity index (χ1v) is 15.8. The van der Waals surface area contributed by atoms with Gasteiger partial charge in [0.15, 0.2) is 12.3 Å². The van der Waals surface area contributed by atoms with Crippen molar-refractivity contribution >= 4 is 35.6 Å². The van der Waals surface area contributed by atoms with Crippen LogP contribution >= 0.6 is 6.72 Å². The van der Waals surface area contributed by atoms with Gasteiger partial charge in [-0.1, -0.05) is 56.3 Å². The summed E-state index contributed by atoms with van der Waals surface area (Å²) in [6, 6.07) is 17.1. The summed E-state index contributed by atoms with van der Waals surface area (Å²) in [6.45, 7) is 7.90. The van der Waals surface area contributed by atoms with Crippen molar-refractivity contribution < 1.29 is 23.6 Å². The zero-order valence-corrected chi connectivity index (χ0v) is 24.8. The van der Waals surface area contributed by atoms with Gasteiger partial charge in [0.25, 0.3) is 0 Å². The van der Waals surface area contributed by atoms with Crippen molar-refractivity contribution in [2.75, 3.05) is 38.3 Å². The molecule has 38 heavy (non-hydrogen) atoms. The number of para-hydroxylation sites is 2. The van der Waals surface area contributed by atoms with Crippen LogP contribution in [0.25, 0.3) is 0 Å². The number of anilines is 1. The number of nitrogens with zero attached hydrogens (tertiary/aromatic N) is 2. The first kappa shape index (κ1) is 28.9. The van der Waals surface area contributed by atoms with Gasteiger partial charge in [-0.3, -0.25) is 0 Å². The number of benzene rings is 2. The minimum absolute atomic E-state index is 0.141. The van der Waals surface area contributed by atoms with Crippen molar-refractivity contribution in [1.29, 1.82) is 0 Å². The van der Waals surface area contributed by atoms with Gasteiger partial charge in [0.1, 0.15) is 0 Å². The molecule has 6 nitrogen and oxygen atoms in total. The highest BCUT2D eigenvalue weighted by Gasteiger charge is 2.44. The Hall–Kier alpha value is -2.12. The van der Waals surface area contributed by atoms with Gasteiger partial charge < -0.3 is 23.9 Å². The zero-order chi connectivity index (χ0) is 27.6. The Balaban J connectivity index is 1.67. The summed E-state index contributed by atoms with van der Waals surface area (Å²) in [5.41, 5.74) is 7.13. The summed E-state index contributed by atoms with van der Waals surface area (Å²) >= 11 is 4.97. The number of aliphatic hydroxyl groups excluding tert-OH is 1. The van der Waals surface area contributed by atoms with Crippen molar-refractivity contribution in [3.63, 3.8) is 0 Å². The molecule has 0 saturated heterocycles. The van der Waals surface area contributed by atoms with E-state index in [1.54, 1.807) is 0 Å². The van der Waals surface area contributed by atoms with E-state index in [1.165, 1.54) is 41.0 Å². The fourth-order valence-electron chi connectivity index (χ4n) is 5.68. The summed E-state index contributed by atoms with van der Waals surface area (Å²) in [7, 11) is 1.38. The fraction of sp³-hybridized carbons (Fsp3) is 0.433. The lowest BCUT2D eigenvalue weighted by Gasteiger charge is -2.26. The molecule has 0 radical (unpaired) electrons. The highest BCUT2D eigenvalue weighted by molar-refractivity contribution is 8.07. The van der Waals surface area contributed by atoms with Crippen molar-refractivity contribution in [3.8, 4) is 0 Å². The fourth-order valence-corrected chi connectivity index (χ4v) is 6.37. The molecule has 2 aromatic carbocycles. The van der Waals surface area contributed by atoms with Crippen LogP contribution in [-0.2, 0) is 31.7 Å². The highest BCUT2D eigenvalue weighted by atomic mass is 32.5. The second-order valence-corrected chi connectivity index (χ2v) is 13.7. The van der Waals surface area contributed by atoms with Gasteiger partial charge in [0.05, 0.1) is 12.0 Å². The standard InChI is InChI=1S/C30H39N2O4PS/c1-29(2)23-13-6-8-15-25(23)31(19-11-21-33)27(29)17-10-18-28-30(3,4)24-14-7-9-16-26(24)32(28)20-12-22-36-37(34,38)35-5/h6-10,13-18,33H,11-12,19-22H2,1-5H3/p+1. The highest BCUT2D eigenvalue weighted by Crippen LogP contribution is 2.48. The molecule has 2 heterocycles. The van der Waals surface area contributed by atoms with Crippen LogP contribution in [0.5, 0.6) is 0 Å². The summed E-state index contributed by atoms with van der Waals surface area (Å²) < 4.78 is 12.7. The molecule has 1 unspecified atom stereocenters. The van der Waals surface area contributed by atoms with E-state index in [0.29, 0.717) is 19.4 Å². The SMILES string of the molecule is COP(O)(=S)OCCC[N+]1=C(/C=C/C=C2/N(CCCO)c3ccccc3C2(C)C)C(C)(C)c2ccccc21. The molecule has 0 spiro atoms. The van der Waals surface area contributed by atoms with E-state index in [1.807, 2.05) is 0 Å². The lowest BCUT2D eigenvalue weighted by atomic mass is 9.81. The minimum atomic E-state index is -3.16. The molecule has 0 amide bonds. The maximum Gasteiger partial charge on any atom is 0.324 e. The second-order valence-electron chi connectivity index (χ2n) is 10.8. The van der Waals surface area contributed by atoms with Crippen molar-refractivity contribution in [1.82, 2.24) is 0 Å². The Labute approximate surface area is 232 Å². The van der Waals surface area contributed by atoms with Crippen LogP contribution < -0.4 is 4.90 Å². The smallest absolute Gasteiger partial charge is 0.324 e. The topological polar surface area (TPSA) is 65.2 Å². The van der Waals surface area contributed by atoms with Gasteiger partial charge in [0, 0.05) is 61.2 Å². The van der Waals surface area contributed by atoms with E-state index in [0.717, 1.165) is 13.1 Å². The van der Waals surface area contributed by atoms with E-state index in [2.05, 4.69) is 104 Å². The molecule has 2 N–H and O–H groups in total. The van der Waals surface area contributed by atoms with Gasteiger partial charge in [-0.25, -0.2) is 0 Å². The van der Waals surface area contributed by atoms with E-state index in [4.69, 9.17) is 20.9 Å². The van der Waals surface area contributed by atoms with Gasteiger partial charge >= 0.3 is 6.72 Å². The molecule has 0 saturated carbocycles. The van der Waals surface area contributed by atoms with Gasteiger partial charge in [-0.15, -0.1) is 0 Å². The summed E-state index contributed by atoms with van der Waals surface area (Å²) in [6.07, 6.45) is 8.03. The average molecular weight is 556 g/mol. The summed E-state index contributed by atoms with van der Waals surface area (Å²) in [5.74, 6) is 0. The molecule has 2 aliphatic heterocycles. The van der Waals surface area contributed by atoms with E-state index in [9.17, 15) is 10.00 Å². The van der Waals surface area contributed by atoms with Crippen molar-refractivity contribution in [2.45, 2.75) is 51.4 Å². The van der Waals surface area contributed by atoms with Crippen LogP contribution in [0, 0.1) is 0 Å². The van der Waals surface area contributed by atoms with Crippen LogP contribution in [0.15, 0.2) is 72.5 Å². The summed E-state index contributed by atoms with van der Waals surface area (Å²) in [4.78, 5) is 12.3. The third-order valence-electron chi connectivity index (χ3n) is 7.66. The molecule has 2 aliphatic rings. The quantitative estimate of drug-likeness (QED) is 0.203. The molecule has 8 heteroatoms. The van der Waals surface area contributed by atoms with Crippen LogP contribution in [0.4, 0.5) is 11.4 Å². The third kappa shape index (κ3) is 5.60. The molecule has 0 aromatic heterocycles. The number of rotatable bonds is 11. The number of allylic oxidation sites excluding steroid dienone is 4. The second kappa shape index (κ2) is 11.5. The number of aliphatic hydroxyl groups is 1. The van der Waals surface area contributed by atoms with Crippen LogP contribution in [-0.4, -0.2) is 53.7 Å². The first-order valence-electron chi connectivity index (χ1n) is 13.2. The Morgan fingerprint density at radius 1 is 1.00 bits per heavy atom. The molecule has 204 valence electrons. The molecular formula is C30H40N2O4PS+. The predicted molar refractivity (Wildman–Crippen MR) is 159 cm³/mol. The van der Waals surface area contributed by atoms with E-state index < -0.39 is 6.72 Å². The van der Waals surface area contributed by atoms with E-state index in [-0.39, 0.29) is 17.4 Å². The Morgan fingerprint density at radius 3 is 2.39 bits per heavy atom. The predicted octanol–water partition coefficient (Wildman–Crippen LogP) is 5.95. The Morgan fingerprint density at radius 2 is 1.68 bits per heavy atom. The van der Waals surface area contributed by atoms with Crippen LogP contribution in [0.3, 0.4) is 0 Å². The number of hydrogen-bond acceptors (Lipinski definition) is 5.